The number of ether oxygens (including phenoxy) is 1. The first-order valence-corrected chi connectivity index (χ1v) is 10.4. The van der Waals surface area contributed by atoms with Gasteiger partial charge in [-0.2, -0.15) is 0 Å². The molecule has 1 aliphatic rings. The first-order valence-electron chi connectivity index (χ1n) is 10.4. The Morgan fingerprint density at radius 3 is 2.71 bits per heavy atom. The van der Waals surface area contributed by atoms with Gasteiger partial charge in [0, 0.05) is 42.5 Å². The summed E-state index contributed by atoms with van der Waals surface area (Å²) in [5, 5.41) is 11.7. The average molecular weight is 425 g/mol. The molecule has 1 amide bonds. The number of amides is 1. The summed E-state index contributed by atoms with van der Waals surface area (Å²) in [6.07, 6.45) is 5.46. The molecule has 0 bridgehead atoms. The molecule has 8 heteroatoms. The third-order valence-electron chi connectivity index (χ3n) is 6.13. The van der Waals surface area contributed by atoms with Crippen molar-refractivity contribution in [2.75, 3.05) is 13.1 Å². The van der Waals surface area contributed by atoms with E-state index in [0.29, 0.717) is 49.4 Å². The molecule has 164 valence electrons. The van der Waals surface area contributed by atoms with Crippen LogP contribution in [0.3, 0.4) is 0 Å². The lowest BCUT2D eigenvalue weighted by Gasteiger charge is -2.39. The van der Waals surface area contributed by atoms with Gasteiger partial charge in [-0.25, -0.2) is 9.78 Å². The van der Waals surface area contributed by atoms with E-state index in [4.69, 9.17) is 9.15 Å². The number of rotatable bonds is 5. The fourth-order valence-electron chi connectivity index (χ4n) is 4.03. The van der Waals surface area contributed by atoms with Gasteiger partial charge in [-0.1, -0.05) is 0 Å². The van der Waals surface area contributed by atoms with Crippen molar-refractivity contribution >= 4 is 16.9 Å². The lowest BCUT2D eigenvalue weighted by molar-refractivity contribution is -0.142. The van der Waals surface area contributed by atoms with Gasteiger partial charge in [0.15, 0.2) is 6.10 Å². The third kappa shape index (κ3) is 4.34. The van der Waals surface area contributed by atoms with E-state index < -0.39 is 11.7 Å². The third-order valence-corrected chi connectivity index (χ3v) is 6.13. The Morgan fingerprint density at radius 2 is 2.03 bits per heavy atom. The van der Waals surface area contributed by atoms with Crippen molar-refractivity contribution < 1.29 is 19.1 Å². The number of likely N-dealkylation sites (tertiary alicyclic amines) is 1. The SMILES string of the molecule is Cc1c(C)c2ccc(OC(C)C(=O)N3CCC(O)(Cn4ccnc4)CC3)cc2oc1=O. The van der Waals surface area contributed by atoms with E-state index in [-0.39, 0.29) is 11.5 Å². The van der Waals surface area contributed by atoms with Gasteiger partial charge in [-0.05, 0) is 51.3 Å². The Labute approximate surface area is 180 Å². The molecule has 3 heterocycles. The van der Waals surface area contributed by atoms with E-state index in [0.717, 1.165) is 10.9 Å². The second-order valence-electron chi connectivity index (χ2n) is 8.34. The van der Waals surface area contributed by atoms with Crippen LogP contribution in [-0.2, 0) is 11.3 Å². The molecule has 3 aromatic rings. The summed E-state index contributed by atoms with van der Waals surface area (Å²) in [6, 6.07) is 5.26. The minimum atomic E-state index is -0.854. The number of benzene rings is 1. The number of hydrogen-bond donors (Lipinski definition) is 1. The molecule has 1 unspecified atom stereocenters. The van der Waals surface area contributed by atoms with Crippen molar-refractivity contribution in [3.05, 3.63) is 58.5 Å². The molecule has 0 spiro atoms. The number of carbonyl (C=O) groups is 1. The number of piperidine rings is 1. The second kappa shape index (κ2) is 8.19. The zero-order valence-electron chi connectivity index (χ0n) is 18.0. The molecule has 2 aromatic heterocycles. The van der Waals surface area contributed by atoms with Crippen LogP contribution < -0.4 is 10.4 Å². The van der Waals surface area contributed by atoms with Crippen LogP contribution in [-0.4, -0.2) is 50.3 Å². The molecular weight excluding hydrogens is 398 g/mol. The maximum atomic E-state index is 12.9. The topological polar surface area (TPSA) is 97.8 Å². The van der Waals surface area contributed by atoms with E-state index in [1.165, 1.54) is 0 Å². The van der Waals surface area contributed by atoms with E-state index in [1.807, 2.05) is 23.8 Å². The van der Waals surface area contributed by atoms with E-state index >= 15 is 0 Å². The summed E-state index contributed by atoms with van der Waals surface area (Å²) in [7, 11) is 0. The Hall–Kier alpha value is -3.13. The van der Waals surface area contributed by atoms with E-state index in [1.54, 1.807) is 43.4 Å². The van der Waals surface area contributed by atoms with Crippen LogP contribution in [0.2, 0.25) is 0 Å². The van der Waals surface area contributed by atoms with E-state index in [9.17, 15) is 14.7 Å². The fourth-order valence-corrected chi connectivity index (χ4v) is 4.03. The summed E-state index contributed by atoms with van der Waals surface area (Å²) < 4.78 is 13.1. The van der Waals surface area contributed by atoms with Crippen molar-refractivity contribution in [1.29, 1.82) is 0 Å². The molecule has 1 N–H and O–H groups in total. The molecule has 0 aliphatic carbocycles. The van der Waals surface area contributed by atoms with Crippen LogP contribution in [0.5, 0.6) is 5.75 Å². The molecular formula is C23H27N3O5. The van der Waals surface area contributed by atoms with Crippen molar-refractivity contribution in [2.45, 2.75) is 51.9 Å². The van der Waals surface area contributed by atoms with Gasteiger partial charge in [-0.3, -0.25) is 4.79 Å². The van der Waals surface area contributed by atoms with Crippen LogP contribution in [0.4, 0.5) is 0 Å². The maximum Gasteiger partial charge on any atom is 0.339 e. The summed E-state index contributed by atoms with van der Waals surface area (Å²) in [5.41, 5.74) is 0.671. The summed E-state index contributed by atoms with van der Waals surface area (Å²) in [4.78, 5) is 30.6. The number of aryl methyl sites for hydroxylation is 1. The number of carbonyl (C=O) groups excluding carboxylic acids is 1. The molecule has 1 aliphatic heterocycles. The molecule has 0 radical (unpaired) electrons. The lowest BCUT2D eigenvalue weighted by Crippen LogP contribution is -2.51. The zero-order valence-corrected chi connectivity index (χ0v) is 18.0. The first-order chi connectivity index (χ1) is 14.8. The number of aliphatic hydroxyl groups is 1. The number of hydrogen-bond acceptors (Lipinski definition) is 6. The van der Waals surface area contributed by atoms with Crippen molar-refractivity contribution in [3.63, 3.8) is 0 Å². The van der Waals surface area contributed by atoms with Crippen molar-refractivity contribution in [3.8, 4) is 5.75 Å². The van der Waals surface area contributed by atoms with Gasteiger partial charge < -0.3 is 23.7 Å². The first kappa shape index (κ1) is 21.1. The van der Waals surface area contributed by atoms with Crippen LogP contribution in [0.1, 0.15) is 30.9 Å². The number of aromatic nitrogens is 2. The van der Waals surface area contributed by atoms with Crippen molar-refractivity contribution in [1.82, 2.24) is 14.5 Å². The van der Waals surface area contributed by atoms with Crippen LogP contribution >= 0.6 is 0 Å². The standard InChI is InChI=1S/C23H27N3O5/c1-15-16(2)22(28)31-20-12-18(4-5-19(15)20)30-17(3)21(27)26-9-6-23(29,7-10-26)13-25-11-8-24-14-25/h4-5,8,11-12,14,17,29H,6-7,9-10,13H2,1-3H3. The predicted octanol–water partition coefficient (Wildman–Crippen LogP) is 2.43. The Morgan fingerprint density at radius 1 is 1.29 bits per heavy atom. The minimum Gasteiger partial charge on any atom is -0.481 e. The average Bonchev–Trinajstić information content (AvgIpc) is 3.24. The van der Waals surface area contributed by atoms with Gasteiger partial charge in [0.25, 0.3) is 5.91 Å². The summed E-state index contributed by atoms with van der Waals surface area (Å²) >= 11 is 0. The van der Waals surface area contributed by atoms with Gasteiger partial charge >= 0.3 is 5.63 Å². The highest BCUT2D eigenvalue weighted by Crippen LogP contribution is 2.27. The Bertz CT molecular complexity index is 1140. The summed E-state index contributed by atoms with van der Waals surface area (Å²) in [5.74, 6) is 0.333. The zero-order chi connectivity index (χ0) is 22.2. The monoisotopic (exact) mass is 425 g/mol. The van der Waals surface area contributed by atoms with Crippen molar-refractivity contribution in [2.24, 2.45) is 0 Å². The lowest BCUT2D eigenvalue weighted by atomic mass is 9.91. The molecule has 1 atom stereocenters. The molecule has 1 aromatic carbocycles. The normalized spacial score (nSPS) is 17.0. The highest BCUT2D eigenvalue weighted by Gasteiger charge is 2.35. The van der Waals surface area contributed by atoms with Crippen LogP contribution in [0, 0.1) is 13.8 Å². The Kier molecular flexibility index (Phi) is 5.58. The van der Waals surface area contributed by atoms with Gasteiger partial charge in [0.1, 0.15) is 11.3 Å². The number of fused-ring (bicyclic) bond motifs is 1. The van der Waals surface area contributed by atoms with Crippen LogP contribution in [0.25, 0.3) is 11.0 Å². The van der Waals surface area contributed by atoms with E-state index in [2.05, 4.69) is 4.98 Å². The summed E-state index contributed by atoms with van der Waals surface area (Å²) in [6.45, 7) is 6.70. The highest BCUT2D eigenvalue weighted by molar-refractivity contribution is 5.83. The van der Waals surface area contributed by atoms with Crippen LogP contribution in [0.15, 0.2) is 46.1 Å². The van der Waals surface area contributed by atoms with Gasteiger partial charge in [0.05, 0.1) is 18.5 Å². The number of imidazole rings is 1. The molecule has 8 nitrogen and oxygen atoms in total. The molecule has 0 saturated carbocycles. The largest absolute Gasteiger partial charge is 0.481 e. The maximum absolute atomic E-state index is 12.9. The molecule has 4 rings (SSSR count). The quantitative estimate of drug-likeness (QED) is 0.631. The number of nitrogens with zero attached hydrogens (tertiary/aromatic N) is 3. The Balaban J connectivity index is 1.40. The minimum absolute atomic E-state index is 0.133. The molecule has 1 saturated heterocycles. The fraction of sp³-hybridized carbons (Fsp3) is 0.435. The second-order valence-corrected chi connectivity index (χ2v) is 8.34. The highest BCUT2D eigenvalue weighted by atomic mass is 16.5. The smallest absolute Gasteiger partial charge is 0.339 e. The molecule has 31 heavy (non-hydrogen) atoms. The predicted molar refractivity (Wildman–Crippen MR) is 115 cm³/mol. The van der Waals surface area contributed by atoms with Gasteiger partial charge in [-0.15, -0.1) is 0 Å². The molecule has 1 fully saturated rings. The van der Waals surface area contributed by atoms with Gasteiger partial charge in [0.2, 0.25) is 0 Å².